The largest absolute Gasteiger partial charge is 0.462 e. The molecule has 2 aromatic carbocycles. The maximum absolute atomic E-state index is 13.1. The summed E-state index contributed by atoms with van der Waals surface area (Å²) in [4.78, 5) is 13.1. The SMILES string of the molecule is CC(C)C[C@@H](C[C@@H](OCc1ccccc1)c1ccccc1)C(=O)OC1CCCCC1. The Morgan fingerprint density at radius 1 is 0.900 bits per heavy atom. The molecule has 0 aliphatic heterocycles. The first kappa shape index (κ1) is 22.6. The van der Waals surface area contributed by atoms with E-state index in [1.807, 2.05) is 36.4 Å². The summed E-state index contributed by atoms with van der Waals surface area (Å²) < 4.78 is 12.3. The summed E-state index contributed by atoms with van der Waals surface area (Å²) in [6.07, 6.45) is 7.05. The molecule has 0 aromatic heterocycles. The summed E-state index contributed by atoms with van der Waals surface area (Å²) in [5.41, 5.74) is 2.26. The predicted molar refractivity (Wildman–Crippen MR) is 121 cm³/mol. The number of rotatable bonds is 10. The van der Waals surface area contributed by atoms with Gasteiger partial charge in [0.15, 0.2) is 0 Å². The molecule has 0 amide bonds. The maximum Gasteiger partial charge on any atom is 0.309 e. The standard InChI is InChI=1S/C27H36O3/c1-21(2)18-24(27(28)30-25-16-10-5-11-17-25)19-26(23-14-8-4-9-15-23)29-20-22-12-6-3-7-13-22/h3-4,6-9,12-15,21,24-26H,5,10-11,16-20H2,1-2H3/t24-,26+/m0/s1. The van der Waals surface area contributed by atoms with Crippen molar-refractivity contribution in [3.8, 4) is 0 Å². The van der Waals surface area contributed by atoms with Crippen molar-refractivity contribution >= 4 is 5.97 Å². The molecule has 1 fully saturated rings. The van der Waals surface area contributed by atoms with Crippen LogP contribution >= 0.6 is 0 Å². The normalized spacial score (nSPS) is 16.9. The van der Waals surface area contributed by atoms with Gasteiger partial charge in [0, 0.05) is 0 Å². The number of benzene rings is 2. The third-order valence-electron chi connectivity index (χ3n) is 5.89. The highest BCUT2D eigenvalue weighted by Gasteiger charge is 2.29. The van der Waals surface area contributed by atoms with E-state index in [0.717, 1.165) is 30.4 Å². The zero-order valence-electron chi connectivity index (χ0n) is 18.5. The molecule has 3 rings (SSSR count). The average Bonchev–Trinajstić information content (AvgIpc) is 2.77. The summed E-state index contributed by atoms with van der Waals surface area (Å²) >= 11 is 0. The Kier molecular flexibility index (Phi) is 8.95. The van der Waals surface area contributed by atoms with Crippen molar-refractivity contribution in [2.24, 2.45) is 11.8 Å². The minimum Gasteiger partial charge on any atom is -0.462 e. The van der Waals surface area contributed by atoms with E-state index in [4.69, 9.17) is 9.47 Å². The third kappa shape index (κ3) is 7.28. The lowest BCUT2D eigenvalue weighted by Crippen LogP contribution is -2.28. The van der Waals surface area contributed by atoms with Gasteiger partial charge in [-0.3, -0.25) is 4.79 Å². The van der Waals surface area contributed by atoms with Crippen molar-refractivity contribution in [3.05, 3.63) is 71.8 Å². The number of ether oxygens (including phenoxy) is 2. The van der Waals surface area contributed by atoms with Crippen LogP contribution in [-0.2, 0) is 20.9 Å². The lowest BCUT2D eigenvalue weighted by molar-refractivity contribution is -0.158. The molecule has 0 spiro atoms. The Balaban J connectivity index is 1.70. The molecule has 162 valence electrons. The quantitative estimate of drug-likeness (QED) is 0.402. The molecule has 0 radical (unpaired) electrons. The van der Waals surface area contributed by atoms with Crippen LogP contribution in [0, 0.1) is 11.8 Å². The van der Waals surface area contributed by atoms with Crippen molar-refractivity contribution in [1.29, 1.82) is 0 Å². The zero-order valence-corrected chi connectivity index (χ0v) is 18.5. The van der Waals surface area contributed by atoms with Crippen LogP contribution in [0.15, 0.2) is 60.7 Å². The second kappa shape index (κ2) is 11.9. The molecule has 3 heteroatoms. The second-order valence-corrected chi connectivity index (χ2v) is 8.96. The molecule has 2 aromatic rings. The first-order valence-corrected chi connectivity index (χ1v) is 11.5. The van der Waals surface area contributed by atoms with Gasteiger partial charge in [0.05, 0.1) is 18.6 Å². The lowest BCUT2D eigenvalue weighted by atomic mass is 9.89. The number of carbonyl (C=O) groups is 1. The van der Waals surface area contributed by atoms with Gasteiger partial charge in [-0.05, 0) is 55.6 Å². The van der Waals surface area contributed by atoms with Crippen molar-refractivity contribution in [3.63, 3.8) is 0 Å². The van der Waals surface area contributed by atoms with Crippen LogP contribution in [-0.4, -0.2) is 12.1 Å². The molecule has 30 heavy (non-hydrogen) atoms. The number of esters is 1. The van der Waals surface area contributed by atoms with Gasteiger partial charge in [-0.1, -0.05) is 80.9 Å². The van der Waals surface area contributed by atoms with Gasteiger partial charge >= 0.3 is 5.97 Å². The molecule has 1 saturated carbocycles. The monoisotopic (exact) mass is 408 g/mol. The Bertz CT molecular complexity index is 735. The topological polar surface area (TPSA) is 35.5 Å². The Labute approximate surface area is 181 Å². The molecule has 0 bridgehead atoms. The van der Waals surface area contributed by atoms with Gasteiger partial charge in [0.25, 0.3) is 0 Å². The van der Waals surface area contributed by atoms with Gasteiger partial charge < -0.3 is 9.47 Å². The number of carbonyl (C=O) groups excluding carboxylic acids is 1. The van der Waals surface area contributed by atoms with E-state index in [-0.39, 0.29) is 24.1 Å². The highest BCUT2D eigenvalue weighted by Crippen LogP contribution is 2.31. The van der Waals surface area contributed by atoms with Crippen molar-refractivity contribution < 1.29 is 14.3 Å². The van der Waals surface area contributed by atoms with E-state index in [1.165, 1.54) is 19.3 Å². The molecule has 0 unspecified atom stereocenters. The molecule has 0 saturated heterocycles. The molecular formula is C27H36O3. The zero-order chi connectivity index (χ0) is 21.2. The molecule has 0 heterocycles. The first-order chi connectivity index (χ1) is 14.6. The summed E-state index contributed by atoms with van der Waals surface area (Å²) in [5, 5.41) is 0. The van der Waals surface area contributed by atoms with Crippen LogP contribution < -0.4 is 0 Å². The lowest BCUT2D eigenvalue weighted by Gasteiger charge is -2.28. The fourth-order valence-electron chi connectivity index (χ4n) is 4.30. The highest BCUT2D eigenvalue weighted by molar-refractivity contribution is 5.72. The first-order valence-electron chi connectivity index (χ1n) is 11.5. The van der Waals surface area contributed by atoms with E-state index < -0.39 is 0 Å². The van der Waals surface area contributed by atoms with Gasteiger partial charge in [0.2, 0.25) is 0 Å². The van der Waals surface area contributed by atoms with Crippen LogP contribution in [0.1, 0.15) is 76.0 Å². The smallest absolute Gasteiger partial charge is 0.309 e. The fourth-order valence-corrected chi connectivity index (χ4v) is 4.30. The van der Waals surface area contributed by atoms with Crippen molar-refractivity contribution in [1.82, 2.24) is 0 Å². The third-order valence-corrected chi connectivity index (χ3v) is 5.89. The molecule has 2 atom stereocenters. The van der Waals surface area contributed by atoms with Crippen molar-refractivity contribution in [2.75, 3.05) is 0 Å². The number of hydrogen-bond acceptors (Lipinski definition) is 3. The summed E-state index contributed by atoms with van der Waals surface area (Å²) in [6, 6.07) is 20.5. The van der Waals surface area contributed by atoms with Crippen LogP contribution in [0.5, 0.6) is 0 Å². The number of hydrogen-bond donors (Lipinski definition) is 0. The van der Waals surface area contributed by atoms with E-state index in [0.29, 0.717) is 18.9 Å². The minimum atomic E-state index is -0.145. The fraction of sp³-hybridized carbons (Fsp3) is 0.519. The van der Waals surface area contributed by atoms with Gasteiger partial charge in [-0.25, -0.2) is 0 Å². The molecule has 1 aliphatic rings. The molecular weight excluding hydrogens is 372 g/mol. The summed E-state index contributed by atoms with van der Waals surface area (Å²) in [7, 11) is 0. The van der Waals surface area contributed by atoms with E-state index >= 15 is 0 Å². The molecule has 3 nitrogen and oxygen atoms in total. The van der Waals surface area contributed by atoms with Gasteiger partial charge in [0.1, 0.15) is 6.10 Å². The minimum absolute atomic E-state index is 0.0418. The van der Waals surface area contributed by atoms with Crippen LogP contribution in [0.4, 0.5) is 0 Å². The second-order valence-electron chi connectivity index (χ2n) is 8.96. The van der Waals surface area contributed by atoms with Crippen LogP contribution in [0.2, 0.25) is 0 Å². The van der Waals surface area contributed by atoms with Crippen LogP contribution in [0.3, 0.4) is 0 Å². The summed E-state index contributed by atoms with van der Waals surface area (Å²) in [5.74, 6) is 0.243. The maximum atomic E-state index is 13.1. The van der Waals surface area contributed by atoms with Crippen LogP contribution in [0.25, 0.3) is 0 Å². The van der Waals surface area contributed by atoms with E-state index in [2.05, 4.69) is 38.1 Å². The Hall–Kier alpha value is -2.13. The van der Waals surface area contributed by atoms with Crippen molar-refractivity contribution in [2.45, 2.75) is 77.6 Å². The highest BCUT2D eigenvalue weighted by atomic mass is 16.5. The predicted octanol–water partition coefficient (Wildman–Crippen LogP) is 6.87. The Morgan fingerprint density at radius 3 is 2.17 bits per heavy atom. The molecule has 0 N–H and O–H groups in total. The van der Waals surface area contributed by atoms with E-state index in [1.54, 1.807) is 0 Å². The van der Waals surface area contributed by atoms with Gasteiger partial charge in [-0.15, -0.1) is 0 Å². The van der Waals surface area contributed by atoms with E-state index in [9.17, 15) is 4.79 Å². The summed E-state index contributed by atoms with van der Waals surface area (Å²) in [6.45, 7) is 4.87. The average molecular weight is 409 g/mol. The van der Waals surface area contributed by atoms with Gasteiger partial charge in [-0.2, -0.15) is 0 Å². The Morgan fingerprint density at radius 2 is 1.53 bits per heavy atom. The molecule has 1 aliphatic carbocycles.